The highest BCUT2D eigenvalue weighted by Gasteiger charge is 2.24. The van der Waals surface area contributed by atoms with Crippen LogP contribution in [0.25, 0.3) is 0 Å². The summed E-state index contributed by atoms with van der Waals surface area (Å²) < 4.78 is -0.0707. The van der Waals surface area contributed by atoms with Crippen molar-refractivity contribution >= 4 is 40.1 Å². The maximum absolute atomic E-state index is 8.81. The van der Waals surface area contributed by atoms with E-state index in [0.29, 0.717) is 16.4 Å². The molecule has 0 fully saturated rings. The first-order chi connectivity index (χ1) is 5.54. The van der Waals surface area contributed by atoms with Crippen LogP contribution in [-0.4, -0.2) is 20.0 Å². The highest BCUT2D eigenvalue weighted by molar-refractivity contribution is 8.42. The van der Waals surface area contributed by atoms with E-state index < -0.39 is 4.75 Å². The van der Waals surface area contributed by atoms with Gasteiger partial charge < -0.3 is 5.11 Å². The van der Waals surface area contributed by atoms with Crippen molar-refractivity contribution in [2.45, 2.75) is 24.5 Å². The van der Waals surface area contributed by atoms with E-state index in [0.717, 1.165) is 0 Å². The van der Waals surface area contributed by atoms with E-state index in [-0.39, 0.29) is 6.61 Å². The molecule has 0 saturated heterocycles. The minimum Gasteiger partial charge on any atom is -0.396 e. The normalized spacial score (nSPS) is 14.8. The molecule has 0 heterocycles. The second-order valence-electron chi connectivity index (χ2n) is 2.54. The fourth-order valence-corrected chi connectivity index (χ4v) is 2.57. The number of thiocarbonyl (C=S) groups is 1. The van der Waals surface area contributed by atoms with E-state index in [1.807, 2.05) is 0 Å². The predicted octanol–water partition coefficient (Wildman–Crippen LogP) is 1.99. The van der Waals surface area contributed by atoms with E-state index in [1.165, 1.54) is 11.8 Å². The van der Waals surface area contributed by atoms with E-state index in [9.17, 15) is 0 Å². The molecule has 5 heteroatoms. The predicted molar refractivity (Wildman–Crippen MR) is 59.5 cm³/mol. The van der Waals surface area contributed by atoms with Crippen molar-refractivity contribution in [1.29, 1.82) is 5.26 Å². The third-order valence-electron chi connectivity index (χ3n) is 1.36. The lowest BCUT2D eigenvalue weighted by Crippen LogP contribution is -2.18. The van der Waals surface area contributed by atoms with Crippen molar-refractivity contribution < 1.29 is 5.11 Å². The van der Waals surface area contributed by atoms with E-state index in [4.69, 9.17) is 22.6 Å². The number of thioether (sulfide) groups is 1. The molecule has 12 heavy (non-hydrogen) atoms. The molecule has 0 radical (unpaired) electrons. The van der Waals surface area contributed by atoms with Gasteiger partial charge in [0.25, 0.3) is 0 Å². The first-order valence-corrected chi connectivity index (χ1v) is 5.15. The third-order valence-corrected chi connectivity index (χ3v) is 2.81. The number of nitrogens with zero attached hydrogens (tertiary/aromatic N) is 1. The van der Waals surface area contributed by atoms with Crippen LogP contribution in [-0.2, 0) is 0 Å². The van der Waals surface area contributed by atoms with Crippen LogP contribution in [0.5, 0.6) is 0 Å². The lowest BCUT2D eigenvalue weighted by Gasteiger charge is -2.18. The molecular formula is C7H11NOS3. The molecule has 0 amide bonds. The van der Waals surface area contributed by atoms with Crippen LogP contribution in [0.1, 0.15) is 19.8 Å². The fourth-order valence-electron chi connectivity index (χ4n) is 0.739. The standard InChI is InChI=1S/C7H11NOS3/c1-7(5-8,3-2-4-9)12-6(10)11/h9H,2-4H2,1H3,(H,10,11). The minimum atomic E-state index is -0.540. The molecule has 0 spiro atoms. The van der Waals surface area contributed by atoms with Crippen LogP contribution in [0.3, 0.4) is 0 Å². The number of rotatable bonds is 4. The zero-order valence-corrected chi connectivity index (χ0v) is 9.31. The molecule has 1 unspecified atom stereocenters. The molecule has 0 rings (SSSR count). The molecule has 0 aliphatic carbocycles. The van der Waals surface area contributed by atoms with Gasteiger partial charge in [0.2, 0.25) is 0 Å². The highest BCUT2D eigenvalue weighted by atomic mass is 32.2. The van der Waals surface area contributed by atoms with Crippen LogP contribution < -0.4 is 0 Å². The van der Waals surface area contributed by atoms with Crippen LogP contribution >= 0.6 is 36.6 Å². The monoisotopic (exact) mass is 221 g/mol. The number of thiol groups is 1. The van der Waals surface area contributed by atoms with Crippen molar-refractivity contribution in [3.8, 4) is 6.07 Å². The number of hydrogen-bond donors (Lipinski definition) is 2. The summed E-state index contributed by atoms with van der Waals surface area (Å²) in [4.78, 5) is 0. The van der Waals surface area contributed by atoms with Crippen molar-refractivity contribution in [2.24, 2.45) is 0 Å². The third kappa shape index (κ3) is 4.99. The fraction of sp³-hybridized carbons (Fsp3) is 0.714. The summed E-state index contributed by atoms with van der Waals surface area (Å²) in [5, 5.41) is 17.4. The summed E-state index contributed by atoms with van der Waals surface area (Å²) in [6, 6.07) is 2.16. The van der Waals surface area contributed by atoms with Crippen molar-refractivity contribution in [1.82, 2.24) is 0 Å². The van der Waals surface area contributed by atoms with Gasteiger partial charge in [-0.1, -0.05) is 24.0 Å². The first kappa shape index (κ1) is 12.2. The van der Waals surface area contributed by atoms with E-state index in [1.54, 1.807) is 6.92 Å². The van der Waals surface area contributed by atoms with Gasteiger partial charge in [-0.2, -0.15) is 5.26 Å². The van der Waals surface area contributed by atoms with Gasteiger partial charge in [0.1, 0.15) is 8.28 Å². The molecule has 0 aromatic rings. The largest absolute Gasteiger partial charge is 0.396 e. The Morgan fingerprint density at radius 1 is 1.83 bits per heavy atom. The number of nitriles is 1. The maximum Gasteiger partial charge on any atom is 0.106 e. The SMILES string of the molecule is CC(C#N)(CCCO)SC(=S)S. The molecule has 0 bridgehead atoms. The molecule has 2 nitrogen and oxygen atoms in total. The molecule has 0 aromatic carbocycles. The zero-order valence-electron chi connectivity index (χ0n) is 6.78. The zero-order chi connectivity index (χ0) is 9.61. The van der Waals surface area contributed by atoms with Gasteiger partial charge in [-0.25, -0.2) is 0 Å². The van der Waals surface area contributed by atoms with Crippen LogP contribution in [0.4, 0.5) is 0 Å². The lowest BCUT2D eigenvalue weighted by molar-refractivity contribution is 0.282. The second kappa shape index (κ2) is 5.81. The Balaban J connectivity index is 4.07. The Labute approximate surface area is 87.8 Å². The smallest absolute Gasteiger partial charge is 0.106 e. The molecule has 1 atom stereocenters. The first-order valence-electron chi connectivity index (χ1n) is 3.48. The van der Waals surface area contributed by atoms with Gasteiger partial charge in [0.05, 0.1) is 6.07 Å². The average Bonchev–Trinajstić information content (AvgIpc) is 2.00. The van der Waals surface area contributed by atoms with Gasteiger partial charge in [0.15, 0.2) is 0 Å². The summed E-state index contributed by atoms with van der Waals surface area (Å²) in [6.07, 6.45) is 1.25. The number of aliphatic hydroxyl groups is 1. The maximum atomic E-state index is 8.81. The van der Waals surface area contributed by atoms with Crippen molar-refractivity contribution in [3.63, 3.8) is 0 Å². The topological polar surface area (TPSA) is 44.0 Å². The quantitative estimate of drug-likeness (QED) is 0.563. The second-order valence-corrected chi connectivity index (χ2v) is 5.77. The molecular weight excluding hydrogens is 210 g/mol. The van der Waals surface area contributed by atoms with Crippen LogP contribution in [0.15, 0.2) is 0 Å². The molecule has 0 aliphatic heterocycles. The lowest BCUT2D eigenvalue weighted by atomic mass is 10.1. The van der Waals surface area contributed by atoms with Gasteiger partial charge >= 0.3 is 0 Å². The Hall–Kier alpha value is 0.240. The van der Waals surface area contributed by atoms with Crippen molar-refractivity contribution in [3.05, 3.63) is 0 Å². The Morgan fingerprint density at radius 3 is 2.75 bits per heavy atom. The average molecular weight is 221 g/mol. The highest BCUT2D eigenvalue weighted by Crippen LogP contribution is 2.31. The van der Waals surface area contributed by atoms with E-state index in [2.05, 4.69) is 18.7 Å². The van der Waals surface area contributed by atoms with E-state index >= 15 is 0 Å². The minimum absolute atomic E-state index is 0.108. The van der Waals surface area contributed by atoms with Gasteiger partial charge in [-0.3, -0.25) is 0 Å². The molecule has 1 N–H and O–H groups in total. The number of aliphatic hydroxyl groups excluding tert-OH is 1. The van der Waals surface area contributed by atoms with Crippen LogP contribution in [0, 0.1) is 11.3 Å². The molecule has 0 aromatic heterocycles. The van der Waals surface area contributed by atoms with Crippen molar-refractivity contribution in [2.75, 3.05) is 6.61 Å². The van der Waals surface area contributed by atoms with Gasteiger partial charge in [-0.05, 0) is 19.8 Å². The summed E-state index contributed by atoms with van der Waals surface area (Å²) in [7, 11) is 0. The summed E-state index contributed by atoms with van der Waals surface area (Å²) in [5.74, 6) is 0. The summed E-state index contributed by atoms with van der Waals surface area (Å²) >= 11 is 9.99. The summed E-state index contributed by atoms with van der Waals surface area (Å²) in [6.45, 7) is 1.91. The molecule has 0 aliphatic rings. The Morgan fingerprint density at radius 2 is 2.42 bits per heavy atom. The molecule has 68 valence electrons. The van der Waals surface area contributed by atoms with Crippen LogP contribution in [0.2, 0.25) is 0 Å². The molecule has 0 saturated carbocycles. The Kier molecular flexibility index (Phi) is 5.93. The van der Waals surface area contributed by atoms with Gasteiger partial charge in [0, 0.05) is 6.61 Å². The van der Waals surface area contributed by atoms with Gasteiger partial charge in [-0.15, -0.1) is 12.6 Å². The summed E-state index contributed by atoms with van der Waals surface area (Å²) in [5.41, 5.74) is 0. The Bertz CT molecular complexity index is 201. The number of hydrogen-bond acceptors (Lipinski definition) is 4.